The number of pyridine rings is 1. The van der Waals surface area contributed by atoms with Crippen LogP contribution in [0, 0.1) is 0 Å². The zero-order valence-electron chi connectivity index (χ0n) is 14.6. The first-order chi connectivity index (χ1) is 12.7. The summed E-state index contributed by atoms with van der Waals surface area (Å²) in [5.74, 6) is 0.523. The first-order valence-electron chi connectivity index (χ1n) is 8.61. The van der Waals surface area contributed by atoms with Crippen molar-refractivity contribution < 1.29 is 4.79 Å². The number of anilines is 2. The number of piperazine rings is 1. The van der Waals surface area contributed by atoms with Gasteiger partial charge in [0.2, 0.25) is 0 Å². The van der Waals surface area contributed by atoms with E-state index in [4.69, 9.17) is 0 Å². The van der Waals surface area contributed by atoms with Crippen LogP contribution in [-0.4, -0.2) is 59.0 Å². The van der Waals surface area contributed by atoms with Crippen molar-refractivity contribution in [1.29, 1.82) is 0 Å². The van der Waals surface area contributed by atoms with Gasteiger partial charge in [-0.05, 0) is 19.2 Å². The van der Waals surface area contributed by atoms with E-state index in [1.165, 1.54) is 6.33 Å². The number of rotatable bonds is 3. The van der Waals surface area contributed by atoms with Gasteiger partial charge < -0.3 is 15.1 Å². The molecule has 0 unspecified atom stereocenters. The van der Waals surface area contributed by atoms with Crippen molar-refractivity contribution in [2.75, 3.05) is 43.4 Å². The average Bonchev–Trinajstić information content (AvgIpc) is 2.69. The number of fused-ring (bicyclic) bond motifs is 1. The van der Waals surface area contributed by atoms with E-state index in [0.29, 0.717) is 11.4 Å². The van der Waals surface area contributed by atoms with Crippen LogP contribution in [0.25, 0.3) is 10.9 Å². The van der Waals surface area contributed by atoms with Gasteiger partial charge in [-0.2, -0.15) is 0 Å². The second kappa shape index (κ2) is 7.05. The maximum absolute atomic E-state index is 12.7. The zero-order valence-corrected chi connectivity index (χ0v) is 14.6. The molecular weight excluding hydrogens is 328 g/mol. The number of carbonyl (C=O) groups is 1. The molecule has 1 aliphatic heterocycles. The number of amides is 1. The Labute approximate surface area is 151 Å². The molecule has 26 heavy (non-hydrogen) atoms. The molecule has 1 fully saturated rings. The third-order valence-electron chi connectivity index (χ3n) is 4.59. The maximum atomic E-state index is 12.7. The van der Waals surface area contributed by atoms with Crippen molar-refractivity contribution in [2.45, 2.75) is 0 Å². The highest BCUT2D eigenvalue weighted by molar-refractivity contribution is 6.07. The minimum absolute atomic E-state index is 0.263. The molecule has 7 heteroatoms. The summed E-state index contributed by atoms with van der Waals surface area (Å²) in [7, 11) is 2.11. The molecule has 4 rings (SSSR count). The molecule has 3 heterocycles. The summed E-state index contributed by atoms with van der Waals surface area (Å²) in [4.78, 5) is 30.0. The molecule has 2 aromatic heterocycles. The number of benzene rings is 1. The SMILES string of the molecule is CN1CCN(c2cc(C(=O)Nc3cccc4cccnc34)ncn2)CC1. The van der Waals surface area contributed by atoms with Crippen molar-refractivity contribution in [3.63, 3.8) is 0 Å². The van der Waals surface area contributed by atoms with Crippen LogP contribution < -0.4 is 10.2 Å². The minimum atomic E-state index is -0.263. The molecule has 1 saturated heterocycles. The van der Waals surface area contributed by atoms with Crippen molar-refractivity contribution in [3.05, 3.63) is 54.6 Å². The molecular formula is C19H20N6O. The first-order valence-corrected chi connectivity index (χ1v) is 8.61. The average molecular weight is 348 g/mol. The molecule has 0 spiro atoms. The van der Waals surface area contributed by atoms with Gasteiger partial charge >= 0.3 is 0 Å². The Kier molecular flexibility index (Phi) is 4.45. The van der Waals surface area contributed by atoms with E-state index in [2.05, 4.69) is 37.1 Å². The van der Waals surface area contributed by atoms with Gasteiger partial charge in [-0.25, -0.2) is 9.97 Å². The van der Waals surface area contributed by atoms with Crippen molar-refractivity contribution in [3.8, 4) is 0 Å². The fourth-order valence-corrected chi connectivity index (χ4v) is 3.07. The van der Waals surface area contributed by atoms with Crippen LogP contribution in [0.2, 0.25) is 0 Å². The molecule has 3 aromatic rings. The number of nitrogens with zero attached hydrogens (tertiary/aromatic N) is 5. The van der Waals surface area contributed by atoms with E-state index in [0.717, 1.165) is 42.9 Å². The van der Waals surface area contributed by atoms with Crippen LogP contribution in [0.3, 0.4) is 0 Å². The van der Waals surface area contributed by atoms with Gasteiger partial charge in [0.15, 0.2) is 0 Å². The molecule has 0 bridgehead atoms. The molecule has 7 nitrogen and oxygen atoms in total. The highest BCUT2D eigenvalue weighted by atomic mass is 16.1. The van der Waals surface area contributed by atoms with Gasteiger partial charge in [0.1, 0.15) is 17.8 Å². The Hall–Kier alpha value is -3.06. The number of para-hydroxylation sites is 1. The summed E-state index contributed by atoms with van der Waals surface area (Å²) in [6.45, 7) is 3.74. The van der Waals surface area contributed by atoms with E-state index in [9.17, 15) is 4.79 Å². The van der Waals surface area contributed by atoms with Crippen LogP contribution in [0.4, 0.5) is 11.5 Å². The van der Waals surface area contributed by atoms with E-state index in [1.54, 1.807) is 12.3 Å². The van der Waals surface area contributed by atoms with Gasteiger partial charge in [-0.3, -0.25) is 9.78 Å². The molecule has 0 saturated carbocycles. The summed E-state index contributed by atoms with van der Waals surface area (Å²) in [6, 6.07) is 11.3. The summed E-state index contributed by atoms with van der Waals surface area (Å²) >= 11 is 0. The Morgan fingerprint density at radius 1 is 1.04 bits per heavy atom. The quantitative estimate of drug-likeness (QED) is 0.781. The Morgan fingerprint density at radius 2 is 1.85 bits per heavy atom. The van der Waals surface area contributed by atoms with Crippen LogP contribution in [0.1, 0.15) is 10.5 Å². The van der Waals surface area contributed by atoms with E-state index in [1.807, 2.05) is 30.3 Å². The lowest BCUT2D eigenvalue weighted by atomic mass is 10.2. The highest BCUT2D eigenvalue weighted by Gasteiger charge is 2.18. The lowest BCUT2D eigenvalue weighted by Gasteiger charge is -2.33. The van der Waals surface area contributed by atoms with Crippen LogP contribution >= 0.6 is 0 Å². The standard InChI is InChI=1S/C19H20N6O/c1-24-8-10-25(11-9-24)17-12-16(21-13-22-17)19(26)23-15-6-2-4-14-5-3-7-20-18(14)15/h2-7,12-13H,8-11H2,1H3,(H,23,26). The summed E-state index contributed by atoms with van der Waals surface area (Å²) in [5, 5.41) is 3.90. The van der Waals surface area contributed by atoms with Crippen LogP contribution in [0.15, 0.2) is 48.9 Å². The second-order valence-corrected chi connectivity index (χ2v) is 6.39. The predicted molar refractivity (Wildman–Crippen MR) is 101 cm³/mol. The fourth-order valence-electron chi connectivity index (χ4n) is 3.07. The fraction of sp³-hybridized carbons (Fsp3) is 0.263. The molecule has 1 aliphatic rings. The summed E-state index contributed by atoms with van der Waals surface area (Å²) in [6.07, 6.45) is 3.16. The molecule has 0 atom stereocenters. The van der Waals surface area contributed by atoms with Gasteiger partial charge in [0.25, 0.3) is 5.91 Å². The second-order valence-electron chi connectivity index (χ2n) is 6.39. The molecule has 1 amide bonds. The minimum Gasteiger partial charge on any atom is -0.354 e. The van der Waals surface area contributed by atoms with Crippen molar-refractivity contribution >= 4 is 28.3 Å². The third kappa shape index (κ3) is 3.34. The Balaban J connectivity index is 1.56. The zero-order chi connectivity index (χ0) is 17.9. The molecule has 0 radical (unpaired) electrons. The molecule has 1 aromatic carbocycles. The third-order valence-corrected chi connectivity index (χ3v) is 4.59. The topological polar surface area (TPSA) is 74.2 Å². The number of hydrogen-bond donors (Lipinski definition) is 1. The lowest BCUT2D eigenvalue weighted by Crippen LogP contribution is -2.44. The maximum Gasteiger partial charge on any atom is 0.274 e. The molecule has 132 valence electrons. The van der Waals surface area contributed by atoms with Crippen LogP contribution in [0.5, 0.6) is 0 Å². The van der Waals surface area contributed by atoms with Gasteiger partial charge in [-0.1, -0.05) is 18.2 Å². The molecule has 1 N–H and O–H groups in total. The largest absolute Gasteiger partial charge is 0.354 e. The number of carbonyl (C=O) groups excluding carboxylic acids is 1. The number of hydrogen-bond acceptors (Lipinski definition) is 6. The van der Waals surface area contributed by atoms with Gasteiger partial charge in [-0.15, -0.1) is 0 Å². The highest BCUT2D eigenvalue weighted by Crippen LogP contribution is 2.21. The number of aromatic nitrogens is 3. The predicted octanol–water partition coefficient (Wildman–Crippen LogP) is 2.03. The van der Waals surface area contributed by atoms with E-state index >= 15 is 0 Å². The summed E-state index contributed by atoms with van der Waals surface area (Å²) < 4.78 is 0. The first kappa shape index (κ1) is 16.4. The number of likely N-dealkylation sites (N-methyl/N-ethyl adjacent to an activating group) is 1. The van der Waals surface area contributed by atoms with Gasteiger partial charge in [0.05, 0.1) is 11.2 Å². The Morgan fingerprint density at radius 3 is 2.69 bits per heavy atom. The van der Waals surface area contributed by atoms with E-state index < -0.39 is 0 Å². The van der Waals surface area contributed by atoms with Crippen molar-refractivity contribution in [1.82, 2.24) is 19.9 Å². The van der Waals surface area contributed by atoms with Crippen molar-refractivity contribution in [2.24, 2.45) is 0 Å². The Bertz CT molecular complexity index is 931. The lowest BCUT2D eigenvalue weighted by molar-refractivity contribution is 0.102. The smallest absolute Gasteiger partial charge is 0.274 e. The summed E-state index contributed by atoms with van der Waals surface area (Å²) in [5.41, 5.74) is 1.78. The normalized spacial score (nSPS) is 15.2. The van der Waals surface area contributed by atoms with E-state index in [-0.39, 0.29) is 5.91 Å². The number of nitrogens with one attached hydrogen (secondary N) is 1. The van der Waals surface area contributed by atoms with Gasteiger partial charge in [0, 0.05) is 43.8 Å². The van der Waals surface area contributed by atoms with Crippen LogP contribution in [-0.2, 0) is 0 Å². The monoisotopic (exact) mass is 348 g/mol. The molecule has 0 aliphatic carbocycles.